The molecule has 0 atom stereocenters. The molecule has 0 aliphatic heterocycles. The van der Waals surface area contributed by atoms with E-state index in [1.165, 1.54) is 28.4 Å². The fourth-order valence-electron chi connectivity index (χ4n) is 1.47. The number of halogens is 1. The third kappa shape index (κ3) is 1.36. The fraction of sp³-hybridized carbons (Fsp3) is 0.400. The molecule has 0 saturated heterocycles. The Labute approximate surface area is 81.1 Å². The Morgan fingerprint density at radius 1 is 1.42 bits per heavy atom. The zero-order chi connectivity index (χ0) is 8.72. The fourth-order valence-corrected chi connectivity index (χ4v) is 1.83. The molecule has 1 nitrogen and oxygen atoms in total. The smallest absolute Gasteiger partial charge is 0.0352 e. The number of nitrogens with two attached hydrogens (primary N) is 1. The molecule has 1 aromatic carbocycles. The SMILES string of the molecule is Cc1cc(N)c(C2CC2)cc1Br. The summed E-state index contributed by atoms with van der Waals surface area (Å²) in [6, 6.07) is 4.22. The van der Waals surface area contributed by atoms with E-state index in [9.17, 15) is 0 Å². The van der Waals surface area contributed by atoms with E-state index >= 15 is 0 Å². The number of hydrogen-bond acceptors (Lipinski definition) is 1. The van der Waals surface area contributed by atoms with E-state index in [0.29, 0.717) is 0 Å². The first kappa shape index (κ1) is 8.11. The maximum Gasteiger partial charge on any atom is 0.0352 e. The summed E-state index contributed by atoms with van der Waals surface area (Å²) in [5.41, 5.74) is 9.41. The van der Waals surface area contributed by atoms with Crippen LogP contribution in [0.25, 0.3) is 0 Å². The Balaban J connectivity index is 2.47. The van der Waals surface area contributed by atoms with Crippen LogP contribution in [0, 0.1) is 6.92 Å². The summed E-state index contributed by atoms with van der Waals surface area (Å²) in [6.45, 7) is 2.07. The molecule has 0 aromatic heterocycles. The minimum Gasteiger partial charge on any atom is -0.398 e. The zero-order valence-electron chi connectivity index (χ0n) is 7.10. The van der Waals surface area contributed by atoms with E-state index in [1.807, 2.05) is 0 Å². The van der Waals surface area contributed by atoms with Crippen LogP contribution in [-0.2, 0) is 0 Å². The molecule has 0 radical (unpaired) electrons. The molecule has 12 heavy (non-hydrogen) atoms. The molecule has 0 heterocycles. The second kappa shape index (κ2) is 2.77. The van der Waals surface area contributed by atoms with E-state index in [2.05, 4.69) is 35.0 Å². The minimum absolute atomic E-state index is 0.738. The van der Waals surface area contributed by atoms with Crippen molar-refractivity contribution in [2.24, 2.45) is 0 Å². The standard InChI is InChI=1S/C10H12BrN/c1-6-4-10(12)8(5-9(6)11)7-2-3-7/h4-5,7H,2-3,12H2,1H3. The van der Waals surface area contributed by atoms with Crippen molar-refractivity contribution in [3.8, 4) is 0 Å². The molecule has 2 N–H and O–H groups in total. The molecule has 0 bridgehead atoms. The molecule has 0 spiro atoms. The van der Waals surface area contributed by atoms with Crippen molar-refractivity contribution in [2.75, 3.05) is 5.73 Å². The van der Waals surface area contributed by atoms with Crippen LogP contribution in [0.3, 0.4) is 0 Å². The maximum absolute atomic E-state index is 5.91. The quantitative estimate of drug-likeness (QED) is 0.731. The van der Waals surface area contributed by atoms with Crippen molar-refractivity contribution in [1.82, 2.24) is 0 Å². The second-order valence-electron chi connectivity index (χ2n) is 3.50. The third-order valence-electron chi connectivity index (χ3n) is 2.38. The molecule has 0 amide bonds. The maximum atomic E-state index is 5.91. The third-order valence-corrected chi connectivity index (χ3v) is 3.24. The van der Waals surface area contributed by atoms with Crippen molar-refractivity contribution in [3.05, 3.63) is 27.7 Å². The Morgan fingerprint density at radius 2 is 2.08 bits per heavy atom. The lowest BCUT2D eigenvalue weighted by molar-refractivity contribution is 1.13. The van der Waals surface area contributed by atoms with Gasteiger partial charge in [0.2, 0.25) is 0 Å². The van der Waals surface area contributed by atoms with Crippen LogP contribution in [0.2, 0.25) is 0 Å². The summed E-state index contributed by atoms with van der Waals surface area (Å²) in [6.07, 6.45) is 2.61. The molecule has 1 aliphatic carbocycles. The molecule has 1 aliphatic rings. The normalized spacial score (nSPS) is 16.5. The van der Waals surface area contributed by atoms with Gasteiger partial charge in [-0.1, -0.05) is 15.9 Å². The van der Waals surface area contributed by atoms with Crippen LogP contribution < -0.4 is 5.73 Å². The summed E-state index contributed by atoms with van der Waals surface area (Å²) in [7, 11) is 0. The molecular weight excluding hydrogens is 214 g/mol. The first-order valence-corrected chi connectivity index (χ1v) is 5.03. The van der Waals surface area contributed by atoms with E-state index in [-0.39, 0.29) is 0 Å². The lowest BCUT2D eigenvalue weighted by Crippen LogP contribution is -1.93. The van der Waals surface area contributed by atoms with Crippen LogP contribution in [0.4, 0.5) is 5.69 Å². The van der Waals surface area contributed by atoms with Gasteiger partial charge < -0.3 is 5.73 Å². The summed E-state index contributed by atoms with van der Waals surface area (Å²) in [5.74, 6) is 0.738. The van der Waals surface area contributed by atoms with Gasteiger partial charge in [-0.15, -0.1) is 0 Å². The predicted octanol–water partition coefficient (Wildman–Crippen LogP) is 3.22. The van der Waals surface area contributed by atoms with Crippen molar-refractivity contribution < 1.29 is 0 Å². The van der Waals surface area contributed by atoms with Crippen LogP contribution in [0.1, 0.15) is 29.9 Å². The Hall–Kier alpha value is -0.500. The van der Waals surface area contributed by atoms with E-state index in [4.69, 9.17) is 5.73 Å². The monoisotopic (exact) mass is 225 g/mol. The zero-order valence-corrected chi connectivity index (χ0v) is 8.69. The highest BCUT2D eigenvalue weighted by molar-refractivity contribution is 9.10. The van der Waals surface area contributed by atoms with Gasteiger partial charge in [-0.05, 0) is 48.9 Å². The number of hydrogen-bond donors (Lipinski definition) is 1. The van der Waals surface area contributed by atoms with Gasteiger partial charge in [-0.3, -0.25) is 0 Å². The van der Waals surface area contributed by atoms with Crippen LogP contribution >= 0.6 is 15.9 Å². The lowest BCUT2D eigenvalue weighted by Gasteiger charge is -2.06. The van der Waals surface area contributed by atoms with E-state index in [0.717, 1.165) is 11.6 Å². The first-order valence-electron chi connectivity index (χ1n) is 4.24. The molecule has 1 fully saturated rings. The highest BCUT2D eigenvalue weighted by Crippen LogP contribution is 2.43. The summed E-state index contributed by atoms with van der Waals surface area (Å²) in [4.78, 5) is 0. The molecule has 2 rings (SSSR count). The van der Waals surface area contributed by atoms with Gasteiger partial charge >= 0.3 is 0 Å². The Morgan fingerprint density at radius 3 is 2.67 bits per heavy atom. The van der Waals surface area contributed by atoms with Crippen molar-refractivity contribution in [1.29, 1.82) is 0 Å². The number of benzene rings is 1. The number of anilines is 1. The van der Waals surface area contributed by atoms with Gasteiger partial charge in [0.25, 0.3) is 0 Å². The van der Waals surface area contributed by atoms with E-state index < -0.39 is 0 Å². The van der Waals surface area contributed by atoms with Gasteiger partial charge in [0.1, 0.15) is 0 Å². The summed E-state index contributed by atoms with van der Waals surface area (Å²) < 4.78 is 1.18. The molecule has 2 heteroatoms. The molecule has 1 saturated carbocycles. The van der Waals surface area contributed by atoms with Gasteiger partial charge in [-0.2, -0.15) is 0 Å². The van der Waals surface area contributed by atoms with Crippen molar-refractivity contribution in [2.45, 2.75) is 25.7 Å². The molecule has 0 unspecified atom stereocenters. The summed E-state index contributed by atoms with van der Waals surface area (Å²) >= 11 is 3.52. The van der Waals surface area contributed by atoms with Crippen molar-refractivity contribution in [3.63, 3.8) is 0 Å². The van der Waals surface area contributed by atoms with Crippen LogP contribution in [-0.4, -0.2) is 0 Å². The van der Waals surface area contributed by atoms with Gasteiger partial charge in [0.15, 0.2) is 0 Å². The molecule has 1 aromatic rings. The molecule has 64 valence electrons. The van der Waals surface area contributed by atoms with Crippen LogP contribution in [0.15, 0.2) is 16.6 Å². The number of nitrogen functional groups attached to an aromatic ring is 1. The lowest BCUT2D eigenvalue weighted by atomic mass is 10.1. The van der Waals surface area contributed by atoms with Gasteiger partial charge in [0, 0.05) is 10.2 Å². The highest BCUT2D eigenvalue weighted by atomic mass is 79.9. The first-order chi connectivity index (χ1) is 5.68. The van der Waals surface area contributed by atoms with Crippen molar-refractivity contribution >= 4 is 21.6 Å². The summed E-state index contributed by atoms with van der Waals surface area (Å²) in [5, 5.41) is 0. The predicted molar refractivity (Wildman–Crippen MR) is 55.3 cm³/mol. The van der Waals surface area contributed by atoms with Gasteiger partial charge in [-0.25, -0.2) is 0 Å². The number of aryl methyl sites for hydroxylation is 1. The topological polar surface area (TPSA) is 26.0 Å². The average molecular weight is 226 g/mol. The highest BCUT2D eigenvalue weighted by Gasteiger charge is 2.25. The minimum atomic E-state index is 0.738. The largest absolute Gasteiger partial charge is 0.398 e. The van der Waals surface area contributed by atoms with Gasteiger partial charge in [0.05, 0.1) is 0 Å². The second-order valence-corrected chi connectivity index (χ2v) is 4.36. The Bertz CT molecular complexity index is 316. The molecular formula is C10H12BrN. The van der Waals surface area contributed by atoms with E-state index in [1.54, 1.807) is 0 Å². The van der Waals surface area contributed by atoms with Crippen LogP contribution in [0.5, 0.6) is 0 Å². The average Bonchev–Trinajstić information content (AvgIpc) is 2.79. The Kier molecular flexibility index (Phi) is 1.87. The number of rotatable bonds is 1.